The van der Waals surface area contributed by atoms with Gasteiger partial charge in [-0.2, -0.15) is 0 Å². The zero-order valence-electron chi connectivity index (χ0n) is 11.2. The van der Waals surface area contributed by atoms with Gasteiger partial charge in [-0.05, 0) is 30.5 Å². The molecule has 2 aliphatic rings. The largest absolute Gasteiger partial charge is 0.376 e. The summed E-state index contributed by atoms with van der Waals surface area (Å²) in [6.45, 7) is 2.34. The summed E-state index contributed by atoms with van der Waals surface area (Å²) in [4.78, 5) is 12.4. The van der Waals surface area contributed by atoms with E-state index in [1.807, 2.05) is 24.3 Å². The molecule has 4 nitrogen and oxygen atoms in total. The molecule has 1 heterocycles. The van der Waals surface area contributed by atoms with E-state index in [-0.39, 0.29) is 17.4 Å². The van der Waals surface area contributed by atoms with Gasteiger partial charge in [0.05, 0.1) is 31.3 Å². The Balaban J connectivity index is 1.60. The van der Waals surface area contributed by atoms with Crippen LogP contribution in [0.4, 0.5) is 0 Å². The van der Waals surface area contributed by atoms with E-state index in [1.54, 1.807) is 0 Å². The fourth-order valence-electron chi connectivity index (χ4n) is 2.57. The van der Waals surface area contributed by atoms with Crippen LogP contribution in [0.15, 0.2) is 28.7 Å². The standard InChI is InChI=1S/C15H18BrNO3/c16-12-3-1-11(2-4-12)15(5-6-15)14(18)17-9-13-10-19-7-8-20-13/h1-4,13H,5-10H2,(H,17,18)/t13-/m1/s1. The minimum Gasteiger partial charge on any atom is -0.376 e. The van der Waals surface area contributed by atoms with E-state index in [0.717, 1.165) is 22.9 Å². The van der Waals surface area contributed by atoms with Crippen molar-refractivity contribution >= 4 is 21.8 Å². The molecule has 1 saturated carbocycles. The van der Waals surface area contributed by atoms with Gasteiger partial charge in [-0.3, -0.25) is 4.79 Å². The number of carbonyl (C=O) groups excluding carboxylic acids is 1. The maximum absolute atomic E-state index is 12.4. The van der Waals surface area contributed by atoms with Crippen molar-refractivity contribution in [1.82, 2.24) is 5.32 Å². The lowest BCUT2D eigenvalue weighted by Gasteiger charge is -2.24. The second kappa shape index (κ2) is 5.84. The number of hydrogen-bond acceptors (Lipinski definition) is 3. The Hall–Kier alpha value is -0.910. The monoisotopic (exact) mass is 339 g/mol. The van der Waals surface area contributed by atoms with Crippen LogP contribution in [0.3, 0.4) is 0 Å². The topological polar surface area (TPSA) is 47.6 Å². The molecule has 1 saturated heterocycles. The number of nitrogens with one attached hydrogen (secondary N) is 1. The Bertz CT molecular complexity index is 478. The SMILES string of the molecule is O=C(NC[C@@H]1COCCO1)C1(c2ccc(Br)cc2)CC1. The molecule has 108 valence electrons. The first-order valence-corrected chi connectivity index (χ1v) is 7.74. The summed E-state index contributed by atoms with van der Waals surface area (Å²) in [6.07, 6.45) is 1.82. The van der Waals surface area contributed by atoms with Gasteiger partial charge in [-0.1, -0.05) is 28.1 Å². The molecule has 0 aromatic heterocycles. The molecule has 1 amide bonds. The zero-order valence-corrected chi connectivity index (χ0v) is 12.8. The lowest BCUT2D eigenvalue weighted by atomic mass is 9.95. The third-order valence-electron chi connectivity index (χ3n) is 3.96. The summed E-state index contributed by atoms with van der Waals surface area (Å²) in [5.41, 5.74) is 0.773. The molecular formula is C15H18BrNO3. The number of ether oxygens (including phenoxy) is 2. The predicted molar refractivity (Wildman–Crippen MR) is 78.6 cm³/mol. The third-order valence-corrected chi connectivity index (χ3v) is 4.49. The van der Waals surface area contributed by atoms with Crippen LogP contribution in [-0.4, -0.2) is 38.4 Å². The Kier molecular flexibility index (Phi) is 4.10. The molecule has 3 rings (SSSR count). The molecule has 20 heavy (non-hydrogen) atoms. The van der Waals surface area contributed by atoms with Crippen LogP contribution in [-0.2, 0) is 19.7 Å². The molecule has 1 aliphatic heterocycles. The Labute approximate surface area is 127 Å². The van der Waals surface area contributed by atoms with E-state index in [2.05, 4.69) is 21.2 Å². The molecule has 0 radical (unpaired) electrons. The van der Waals surface area contributed by atoms with Crippen LogP contribution in [0.5, 0.6) is 0 Å². The van der Waals surface area contributed by atoms with Crippen LogP contribution in [0, 0.1) is 0 Å². The highest BCUT2D eigenvalue weighted by atomic mass is 79.9. The molecule has 0 unspecified atom stereocenters. The first kappa shape index (κ1) is 14.0. The zero-order chi connectivity index (χ0) is 14.0. The summed E-state index contributed by atoms with van der Waals surface area (Å²) in [5, 5.41) is 3.01. The molecule has 1 aromatic rings. The van der Waals surface area contributed by atoms with Gasteiger partial charge in [0, 0.05) is 11.0 Å². The van der Waals surface area contributed by atoms with Crippen molar-refractivity contribution in [1.29, 1.82) is 0 Å². The number of amides is 1. The second-order valence-corrected chi connectivity index (χ2v) is 6.28. The maximum Gasteiger partial charge on any atom is 0.230 e. The van der Waals surface area contributed by atoms with Gasteiger partial charge in [0.2, 0.25) is 5.91 Å². The van der Waals surface area contributed by atoms with Crippen LogP contribution >= 0.6 is 15.9 Å². The minimum absolute atomic E-state index is 0.0200. The minimum atomic E-state index is -0.323. The van der Waals surface area contributed by atoms with Gasteiger partial charge in [0.15, 0.2) is 0 Å². The molecule has 1 atom stereocenters. The predicted octanol–water partition coefficient (Wildman–Crippen LogP) is 2.01. The van der Waals surface area contributed by atoms with Crippen LogP contribution in [0.25, 0.3) is 0 Å². The van der Waals surface area contributed by atoms with Crippen LogP contribution in [0.1, 0.15) is 18.4 Å². The molecule has 1 aromatic carbocycles. The molecule has 5 heteroatoms. The van der Waals surface area contributed by atoms with E-state index < -0.39 is 0 Å². The molecular weight excluding hydrogens is 322 g/mol. The van der Waals surface area contributed by atoms with Gasteiger partial charge >= 0.3 is 0 Å². The lowest BCUT2D eigenvalue weighted by Crippen LogP contribution is -2.43. The molecule has 0 bridgehead atoms. The van der Waals surface area contributed by atoms with Crippen molar-refractivity contribution < 1.29 is 14.3 Å². The number of benzene rings is 1. The van der Waals surface area contributed by atoms with E-state index in [1.165, 1.54) is 0 Å². The summed E-state index contributed by atoms with van der Waals surface area (Å²) in [7, 11) is 0. The molecule has 2 fully saturated rings. The lowest BCUT2D eigenvalue weighted by molar-refractivity contribution is -0.126. The number of rotatable bonds is 4. The first-order chi connectivity index (χ1) is 9.71. The Morgan fingerprint density at radius 1 is 1.30 bits per heavy atom. The van der Waals surface area contributed by atoms with E-state index in [0.29, 0.717) is 26.4 Å². The number of hydrogen-bond donors (Lipinski definition) is 1. The van der Waals surface area contributed by atoms with Crippen molar-refractivity contribution in [3.8, 4) is 0 Å². The third kappa shape index (κ3) is 2.90. The molecule has 1 aliphatic carbocycles. The van der Waals surface area contributed by atoms with Crippen LogP contribution < -0.4 is 5.32 Å². The average Bonchev–Trinajstić information content (AvgIpc) is 3.28. The Morgan fingerprint density at radius 2 is 2.05 bits per heavy atom. The van der Waals surface area contributed by atoms with Gasteiger partial charge in [0.1, 0.15) is 0 Å². The maximum atomic E-state index is 12.4. The number of carbonyl (C=O) groups is 1. The van der Waals surface area contributed by atoms with Gasteiger partial charge in [-0.15, -0.1) is 0 Å². The van der Waals surface area contributed by atoms with Crippen molar-refractivity contribution in [2.45, 2.75) is 24.4 Å². The van der Waals surface area contributed by atoms with Gasteiger partial charge in [-0.25, -0.2) is 0 Å². The smallest absolute Gasteiger partial charge is 0.230 e. The fraction of sp³-hybridized carbons (Fsp3) is 0.533. The fourth-order valence-corrected chi connectivity index (χ4v) is 2.84. The van der Waals surface area contributed by atoms with Crippen molar-refractivity contribution in [3.63, 3.8) is 0 Å². The highest BCUT2D eigenvalue weighted by Crippen LogP contribution is 2.48. The quantitative estimate of drug-likeness (QED) is 0.912. The molecule has 0 spiro atoms. The van der Waals surface area contributed by atoms with Gasteiger partial charge < -0.3 is 14.8 Å². The second-order valence-electron chi connectivity index (χ2n) is 5.37. The normalized spacial score (nSPS) is 24.1. The summed E-state index contributed by atoms with van der Waals surface area (Å²) in [5.74, 6) is 0.106. The summed E-state index contributed by atoms with van der Waals surface area (Å²) < 4.78 is 11.9. The van der Waals surface area contributed by atoms with E-state index >= 15 is 0 Å². The summed E-state index contributed by atoms with van der Waals surface area (Å²) in [6, 6.07) is 8.02. The molecule has 1 N–H and O–H groups in total. The highest BCUT2D eigenvalue weighted by Gasteiger charge is 2.51. The van der Waals surface area contributed by atoms with Gasteiger partial charge in [0.25, 0.3) is 0 Å². The van der Waals surface area contributed by atoms with Crippen molar-refractivity contribution in [2.75, 3.05) is 26.4 Å². The van der Waals surface area contributed by atoms with Crippen molar-refractivity contribution in [2.24, 2.45) is 0 Å². The summed E-state index contributed by atoms with van der Waals surface area (Å²) >= 11 is 3.42. The van der Waals surface area contributed by atoms with E-state index in [9.17, 15) is 4.79 Å². The Morgan fingerprint density at radius 3 is 2.65 bits per heavy atom. The van der Waals surface area contributed by atoms with E-state index in [4.69, 9.17) is 9.47 Å². The average molecular weight is 340 g/mol. The number of halogens is 1. The van der Waals surface area contributed by atoms with Crippen molar-refractivity contribution in [3.05, 3.63) is 34.3 Å². The first-order valence-electron chi connectivity index (χ1n) is 6.94. The highest BCUT2D eigenvalue weighted by molar-refractivity contribution is 9.10. The van der Waals surface area contributed by atoms with Crippen LogP contribution in [0.2, 0.25) is 0 Å².